The van der Waals surface area contributed by atoms with Crippen LogP contribution < -0.4 is 9.88 Å². The predicted octanol–water partition coefficient (Wildman–Crippen LogP) is 6.81. The van der Waals surface area contributed by atoms with E-state index in [4.69, 9.17) is 14.3 Å². The average molecular weight is 539 g/mol. The monoisotopic (exact) mass is 538 g/mol. The summed E-state index contributed by atoms with van der Waals surface area (Å²) in [6.45, 7) is 1.92. The van der Waals surface area contributed by atoms with Gasteiger partial charge in [0.15, 0.2) is 5.58 Å². The number of aryl methyl sites for hydroxylation is 1. The molecule has 0 amide bonds. The first-order chi connectivity index (χ1) is 17.9. The highest BCUT2D eigenvalue weighted by Crippen LogP contribution is 2.39. The number of aromatic nitrogens is 1. The van der Waals surface area contributed by atoms with Gasteiger partial charge in [0.25, 0.3) is 0 Å². The Labute approximate surface area is 216 Å². The van der Waals surface area contributed by atoms with Crippen LogP contribution in [0.3, 0.4) is 0 Å². The van der Waals surface area contributed by atoms with Crippen molar-refractivity contribution in [2.45, 2.75) is 18.0 Å². The Balaban J connectivity index is 1.58. The number of benzene rings is 4. The number of nitrogens with zero attached hydrogens (tertiary/aromatic N) is 1. The number of oxazole rings is 1. The Bertz CT molecular complexity index is 1780. The van der Waals surface area contributed by atoms with Crippen molar-refractivity contribution in [2.24, 2.45) is 5.14 Å². The Morgan fingerprint density at radius 3 is 2.24 bits per heavy atom. The number of halogens is 3. The lowest BCUT2D eigenvalue weighted by Gasteiger charge is -2.15. The minimum Gasteiger partial charge on any atom is -0.496 e. The highest BCUT2D eigenvalue weighted by Gasteiger charge is 2.31. The maximum Gasteiger partial charge on any atom is 0.416 e. The predicted molar refractivity (Wildman–Crippen MR) is 138 cm³/mol. The number of hydrogen-bond acceptors (Lipinski definition) is 5. The fourth-order valence-electron chi connectivity index (χ4n) is 4.26. The number of nitrogens with two attached hydrogens (primary N) is 1. The molecule has 2 N–H and O–H groups in total. The van der Waals surface area contributed by atoms with Crippen LogP contribution in [0.25, 0.3) is 44.8 Å². The van der Waals surface area contributed by atoms with Gasteiger partial charge in [0, 0.05) is 11.1 Å². The fourth-order valence-corrected chi connectivity index (χ4v) is 4.77. The van der Waals surface area contributed by atoms with Crippen molar-refractivity contribution in [2.75, 3.05) is 7.11 Å². The summed E-state index contributed by atoms with van der Waals surface area (Å²) in [5, 5.41) is 5.22. The summed E-state index contributed by atoms with van der Waals surface area (Å²) >= 11 is 0. The zero-order valence-electron chi connectivity index (χ0n) is 20.2. The molecule has 0 aliphatic carbocycles. The number of rotatable bonds is 5. The molecule has 0 fully saturated rings. The summed E-state index contributed by atoms with van der Waals surface area (Å²) in [6, 6.07) is 20.5. The number of alkyl halides is 3. The minimum atomic E-state index is -4.48. The molecular weight excluding hydrogens is 517 g/mol. The third kappa shape index (κ3) is 4.88. The molecule has 5 aromatic rings. The summed E-state index contributed by atoms with van der Waals surface area (Å²) in [7, 11) is -2.26. The van der Waals surface area contributed by atoms with Gasteiger partial charge in [-0.3, -0.25) is 0 Å². The lowest BCUT2D eigenvalue weighted by molar-refractivity contribution is -0.137. The first-order valence-electron chi connectivity index (χ1n) is 11.3. The normalized spacial score (nSPS) is 12.2. The summed E-state index contributed by atoms with van der Waals surface area (Å²) in [6.07, 6.45) is -4.48. The molecule has 0 radical (unpaired) electrons. The van der Waals surface area contributed by atoms with Gasteiger partial charge >= 0.3 is 6.18 Å². The van der Waals surface area contributed by atoms with Crippen LogP contribution in [0.4, 0.5) is 13.2 Å². The van der Waals surface area contributed by atoms with E-state index in [9.17, 15) is 21.6 Å². The second kappa shape index (κ2) is 9.30. The third-order valence-corrected chi connectivity index (χ3v) is 7.10. The van der Waals surface area contributed by atoms with Gasteiger partial charge in [-0.05, 0) is 83.8 Å². The van der Waals surface area contributed by atoms with Crippen LogP contribution >= 0.6 is 0 Å². The van der Waals surface area contributed by atoms with E-state index in [-0.39, 0.29) is 21.9 Å². The van der Waals surface area contributed by atoms with Gasteiger partial charge in [-0.25, -0.2) is 18.5 Å². The Kier molecular flexibility index (Phi) is 6.24. The molecule has 38 heavy (non-hydrogen) atoms. The molecule has 194 valence electrons. The van der Waals surface area contributed by atoms with E-state index >= 15 is 0 Å². The average Bonchev–Trinajstić information content (AvgIpc) is 3.31. The smallest absolute Gasteiger partial charge is 0.416 e. The lowest BCUT2D eigenvalue weighted by atomic mass is 9.93. The summed E-state index contributed by atoms with van der Waals surface area (Å²) in [5.74, 6) is 0.794. The zero-order valence-corrected chi connectivity index (χ0v) is 21.0. The fraction of sp³-hybridized carbons (Fsp3) is 0.107. The highest BCUT2D eigenvalue weighted by atomic mass is 32.2. The molecule has 1 heterocycles. The van der Waals surface area contributed by atoms with Gasteiger partial charge in [-0.15, -0.1) is 0 Å². The van der Waals surface area contributed by atoms with Crippen LogP contribution in [0.15, 0.2) is 88.2 Å². The zero-order chi connectivity index (χ0) is 27.2. The van der Waals surface area contributed by atoms with E-state index in [1.165, 1.54) is 18.2 Å². The Morgan fingerprint density at radius 1 is 0.868 bits per heavy atom. The molecule has 0 aliphatic heterocycles. The van der Waals surface area contributed by atoms with E-state index in [0.717, 1.165) is 39.9 Å². The number of hydrogen-bond donors (Lipinski definition) is 1. The molecular formula is C28H21F3N2O4S. The molecule has 0 aliphatic rings. The number of primary sulfonamides is 1. The SMILES string of the molecule is COc1cc(C)c(-c2ccc(S(N)(=O)=O)cc2)cc1-c1cccc(-c2nc3cc(C(F)(F)F)ccc3o2)c1. The third-order valence-electron chi connectivity index (χ3n) is 6.18. The standard InChI is InChI=1S/C28H21F3N2O4S/c1-16-12-26(36-2)23(15-22(16)17-6-9-21(10-7-17)38(32,34)35)18-4-3-5-19(13-18)27-33-24-14-20(28(29,30)31)8-11-25(24)37-27/h3-15H,1-2H3,(H2,32,34,35). The van der Waals surface area contributed by atoms with Crippen LogP contribution in [0, 0.1) is 6.92 Å². The maximum atomic E-state index is 13.1. The highest BCUT2D eigenvalue weighted by molar-refractivity contribution is 7.89. The van der Waals surface area contributed by atoms with Crippen LogP contribution in [0.5, 0.6) is 5.75 Å². The van der Waals surface area contributed by atoms with Crippen molar-refractivity contribution in [3.8, 4) is 39.5 Å². The van der Waals surface area contributed by atoms with Gasteiger partial charge in [0.2, 0.25) is 15.9 Å². The minimum absolute atomic E-state index is 0.0148. The second-order valence-corrected chi connectivity index (χ2v) is 10.3. The molecule has 4 aromatic carbocycles. The molecule has 0 unspecified atom stereocenters. The summed E-state index contributed by atoms with van der Waals surface area (Å²) in [4.78, 5) is 4.30. The molecule has 0 saturated carbocycles. The van der Waals surface area contributed by atoms with Crippen LogP contribution in [0.1, 0.15) is 11.1 Å². The molecule has 0 bridgehead atoms. The molecule has 10 heteroatoms. The largest absolute Gasteiger partial charge is 0.496 e. The van der Waals surface area contributed by atoms with Crippen molar-refractivity contribution in [1.82, 2.24) is 4.98 Å². The first kappa shape index (κ1) is 25.5. The van der Waals surface area contributed by atoms with Crippen molar-refractivity contribution in [3.05, 3.63) is 90.0 Å². The number of methoxy groups -OCH3 is 1. The maximum absolute atomic E-state index is 13.1. The topological polar surface area (TPSA) is 95.4 Å². The van der Waals surface area contributed by atoms with Crippen molar-refractivity contribution < 1.29 is 30.7 Å². The number of ether oxygens (including phenoxy) is 1. The van der Waals surface area contributed by atoms with Crippen LogP contribution in [-0.2, 0) is 16.2 Å². The first-order valence-corrected chi connectivity index (χ1v) is 12.9. The van der Waals surface area contributed by atoms with E-state index in [1.54, 1.807) is 31.4 Å². The van der Waals surface area contributed by atoms with E-state index in [2.05, 4.69) is 4.98 Å². The van der Waals surface area contributed by atoms with Crippen LogP contribution in [0.2, 0.25) is 0 Å². The van der Waals surface area contributed by atoms with E-state index < -0.39 is 21.8 Å². The Morgan fingerprint density at radius 2 is 1.58 bits per heavy atom. The van der Waals surface area contributed by atoms with Gasteiger partial charge in [0.05, 0.1) is 17.6 Å². The number of fused-ring (bicyclic) bond motifs is 1. The van der Waals surface area contributed by atoms with Gasteiger partial charge < -0.3 is 9.15 Å². The molecule has 0 spiro atoms. The summed E-state index contributed by atoms with van der Waals surface area (Å²) < 4.78 is 74.0. The van der Waals surface area contributed by atoms with Crippen molar-refractivity contribution in [1.29, 1.82) is 0 Å². The van der Waals surface area contributed by atoms with E-state index in [1.807, 2.05) is 31.2 Å². The van der Waals surface area contributed by atoms with Crippen molar-refractivity contribution >= 4 is 21.1 Å². The van der Waals surface area contributed by atoms with Crippen molar-refractivity contribution in [3.63, 3.8) is 0 Å². The second-order valence-electron chi connectivity index (χ2n) is 8.72. The molecule has 5 rings (SSSR count). The molecule has 0 saturated heterocycles. The quantitative estimate of drug-likeness (QED) is 0.265. The van der Waals surface area contributed by atoms with Gasteiger partial charge in [-0.1, -0.05) is 24.3 Å². The lowest BCUT2D eigenvalue weighted by Crippen LogP contribution is -2.11. The van der Waals surface area contributed by atoms with Crippen LogP contribution in [-0.4, -0.2) is 20.5 Å². The molecule has 1 aromatic heterocycles. The summed E-state index contributed by atoms with van der Waals surface area (Å²) in [5.41, 5.74) is 4.20. The molecule has 0 atom stereocenters. The molecule has 6 nitrogen and oxygen atoms in total. The van der Waals surface area contributed by atoms with Gasteiger partial charge in [0.1, 0.15) is 11.3 Å². The Hall–Kier alpha value is -4.15. The van der Waals surface area contributed by atoms with E-state index in [0.29, 0.717) is 11.3 Å². The van der Waals surface area contributed by atoms with Gasteiger partial charge in [-0.2, -0.15) is 13.2 Å². The number of sulfonamides is 1.